The first kappa shape index (κ1) is 12.2. The van der Waals surface area contributed by atoms with E-state index in [1.54, 1.807) is 11.8 Å². The summed E-state index contributed by atoms with van der Waals surface area (Å²) in [5, 5.41) is 3.43. The van der Waals surface area contributed by atoms with E-state index in [1.165, 1.54) is 18.5 Å². The van der Waals surface area contributed by atoms with Gasteiger partial charge in [0.15, 0.2) is 5.43 Å². The van der Waals surface area contributed by atoms with Gasteiger partial charge in [-0.25, -0.2) is 0 Å². The first-order valence-corrected chi connectivity index (χ1v) is 7.02. The second-order valence-electron chi connectivity index (χ2n) is 4.21. The van der Waals surface area contributed by atoms with Crippen molar-refractivity contribution in [2.24, 2.45) is 0 Å². The topological polar surface area (TPSA) is 62.0 Å². The molecule has 2 N–H and O–H groups in total. The van der Waals surface area contributed by atoms with Crippen LogP contribution < -0.4 is 10.7 Å². The van der Waals surface area contributed by atoms with Crippen LogP contribution in [0.15, 0.2) is 23.3 Å². The Morgan fingerprint density at radius 3 is 3.06 bits per heavy atom. The molecule has 0 bridgehead atoms. The Morgan fingerprint density at radius 2 is 2.35 bits per heavy atom. The zero-order chi connectivity index (χ0) is 12.3. The average Bonchev–Trinajstić information content (AvgIpc) is 2.76. The molecule has 1 aliphatic carbocycles. The molecule has 1 aromatic rings. The first-order valence-electron chi connectivity index (χ1n) is 5.73. The summed E-state index contributed by atoms with van der Waals surface area (Å²) in [4.78, 5) is 26.2. The van der Waals surface area contributed by atoms with Gasteiger partial charge < -0.3 is 10.3 Å². The van der Waals surface area contributed by atoms with Crippen molar-refractivity contribution in [1.29, 1.82) is 0 Å². The minimum atomic E-state index is -0.266. The Labute approximate surface area is 104 Å². The van der Waals surface area contributed by atoms with Crippen LogP contribution in [0.25, 0.3) is 0 Å². The molecular weight excluding hydrogens is 236 g/mol. The number of aromatic amines is 1. The molecule has 1 heterocycles. The van der Waals surface area contributed by atoms with E-state index in [2.05, 4.69) is 16.6 Å². The third kappa shape index (κ3) is 2.72. The molecule has 2 atom stereocenters. The Morgan fingerprint density at radius 1 is 1.53 bits per heavy atom. The molecule has 17 heavy (non-hydrogen) atoms. The number of hydrogen-bond acceptors (Lipinski definition) is 3. The number of hydrogen-bond donors (Lipinski definition) is 2. The maximum absolute atomic E-state index is 11.9. The number of H-pyrrole nitrogens is 1. The van der Waals surface area contributed by atoms with E-state index in [4.69, 9.17) is 0 Å². The van der Waals surface area contributed by atoms with Crippen LogP contribution in [0.3, 0.4) is 0 Å². The van der Waals surface area contributed by atoms with E-state index < -0.39 is 0 Å². The number of carbonyl (C=O) groups is 1. The number of thioether (sulfide) groups is 1. The van der Waals surface area contributed by atoms with Gasteiger partial charge in [0.05, 0.1) is 0 Å². The van der Waals surface area contributed by atoms with Crippen molar-refractivity contribution < 1.29 is 4.79 Å². The minimum absolute atomic E-state index is 0.192. The van der Waals surface area contributed by atoms with Crippen LogP contribution in [-0.4, -0.2) is 28.4 Å². The molecule has 1 saturated carbocycles. The van der Waals surface area contributed by atoms with Crippen LogP contribution in [0, 0.1) is 0 Å². The fourth-order valence-electron chi connectivity index (χ4n) is 2.21. The third-order valence-electron chi connectivity index (χ3n) is 3.14. The smallest absolute Gasteiger partial charge is 0.256 e. The Balaban J connectivity index is 2.07. The lowest BCUT2D eigenvalue weighted by Gasteiger charge is -2.18. The number of carbonyl (C=O) groups excluding carboxylic acids is 1. The molecule has 0 saturated heterocycles. The zero-order valence-electron chi connectivity index (χ0n) is 9.73. The van der Waals surface area contributed by atoms with E-state index in [9.17, 15) is 9.59 Å². The summed E-state index contributed by atoms with van der Waals surface area (Å²) >= 11 is 1.78. The standard InChI is InChI=1S/C12H16N2O2S/c1-17-11-4-2-3-9(11)14-12(16)8-7-13-6-5-10(8)15/h5-7,9,11H,2-4H2,1H3,(H,13,15)(H,14,16). The lowest BCUT2D eigenvalue weighted by Crippen LogP contribution is -2.40. The molecule has 4 nitrogen and oxygen atoms in total. The fourth-order valence-corrected chi connectivity index (χ4v) is 3.15. The van der Waals surface area contributed by atoms with Gasteiger partial charge in [-0.15, -0.1) is 0 Å². The van der Waals surface area contributed by atoms with Crippen LogP contribution in [0.5, 0.6) is 0 Å². The third-order valence-corrected chi connectivity index (χ3v) is 4.31. The van der Waals surface area contributed by atoms with Gasteiger partial charge in [0.1, 0.15) is 5.56 Å². The molecule has 0 aliphatic heterocycles. The summed E-state index contributed by atoms with van der Waals surface area (Å²) in [6, 6.07) is 1.56. The predicted octanol–water partition coefficient (Wildman–Crippen LogP) is 1.39. The molecule has 1 fully saturated rings. The number of pyridine rings is 1. The molecule has 1 aliphatic rings. The van der Waals surface area contributed by atoms with Crippen molar-refractivity contribution in [3.8, 4) is 0 Å². The fraction of sp³-hybridized carbons (Fsp3) is 0.500. The quantitative estimate of drug-likeness (QED) is 0.854. The zero-order valence-corrected chi connectivity index (χ0v) is 10.5. The first-order chi connectivity index (χ1) is 8.22. The van der Waals surface area contributed by atoms with Gasteiger partial charge in [-0.05, 0) is 19.1 Å². The molecule has 0 spiro atoms. The summed E-state index contributed by atoms with van der Waals surface area (Å²) in [5.41, 5.74) is -0.0424. The van der Waals surface area contributed by atoms with Crippen LogP contribution in [0.1, 0.15) is 29.6 Å². The van der Waals surface area contributed by atoms with Gasteiger partial charge in [0, 0.05) is 29.8 Å². The highest BCUT2D eigenvalue weighted by Gasteiger charge is 2.28. The molecule has 5 heteroatoms. The van der Waals surface area contributed by atoms with E-state index in [0.29, 0.717) is 5.25 Å². The summed E-state index contributed by atoms with van der Waals surface area (Å²) in [5.74, 6) is -0.266. The van der Waals surface area contributed by atoms with Gasteiger partial charge >= 0.3 is 0 Å². The van der Waals surface area contributed by atoms with Crippen LogP contribution in [0.4, 0.5) is 0 Å². The average molecular weight is 252 g/mol. The molecule has 2 rings (SSSR count). The maximum atomic E-state index is 11.9. The second-order valence-corrected chi connectivity index (χ2v) is 5.28. The summed E-state index contributed by atoms with van der Waals surface area (Å²) in [6.07, 6.45) is 8.32. The Kier molecular flexibility index (Phi) is 3.89. The monoisotopic (exact) mass is 252 g/mol. The normalized spacial score (nSPS) is 23.6. The number of amides is 1. The summed E-state index contributed by atoms with van der Waals surface area (Å²) < 4.78 is 0. The van der Waals surface area contributed by atoms with Gasteiger partial charge in [-0.1, -0.05) is 6.42 Å². The van der Waals surface area contributed by atoms with E-state index in [1.807, 2.05) is 0 Å². The van der Waals surface area contributed by atoms with E-state index >= 15 is 0 Å². The van der Waals surface area contributed by atoms with Gasteiger partial charge in [-0.3, -0.25) is 9.59 Å². The van der Waals surface area contributed by atoms with Crippen LogP contribution in [0.2, 0.25) is 0 Å². The Bertz CT molecular complexity index is 458. The number of aromatic nitrogens is 1. The van der Waals surface area contributed by atoms with Crippen molar-refractivity contribution in [1.82, 2.24) is 10.3 Å². The molecule has 92 valence electrons. The largest absolute Gasteiger partial charge is 0.367 e. The SMILES string of the molecule is CSC1CCCC1NC(=O)c1c[nH]ccc1=O. The Hall–Kier alpha value is -1.23. The highest BCUT2D eigenvalue weighted by atomic mass is 32.2. The molecule has 0 radical (unpaired) electrons. The van der Waals surface area contributed by atoms with Crippen molar-refractivity contribution in [2.75, 3.05) is 6.26 Å². The minimum Gasteiger partial charge on any atom is -0.367 e. The van der Waals surface area contributed by atoms with Crippen molar-refractivity contribution in [3.05, 3.63) is 34.2 Å². The van der Waals surface area contributed by atoms with Crippen molar-refractivity contribution in [3.63, 3.8) is 0 Å². The molecule has 0 aromatic carbocycles. The van der Waals surface area contributed by atoms with Gasteiger partial charge in [0.25, 0.3) is 5.91 Å². The van der Waals surface area contributed by atoms with Crippen molar-refractivity contribution >= 4 is 17.7 Å². The predicted molar refractivity (Wildman–Crippen MR) is 69.5 cm³/mol. The van der Waals surface area contributed by atoms with Gasteiger partial charge in [-0.2, -0.15) is 11.8 Å². The molecule has 1 amide bonds. The van der Waals surface area contributed by atoms with Crippen molar-refractivity contribution in [2.45, 2.75) is 30.6 Å². The molecule has 1 aromatic heterocycles. The second kappa shape index (κ2) is 5.40. The number of rotatable bonds is 3. The lowest BCUT2D eigenvalue weighted by atomic mass is 10.2. The maximum Gasteiger partial charge on any atom is 0.256 e. The molecular formula is C12H16N2O2S. The van der Waals surface area contributed by atoms with Crippen LogP contribution in [-0.2, 0) is 0 Å². The van der Waals surface area contributed by atoms with E-state index in [0.717, 1.165) is 19.3 Å². The summed E-state index contributed by atoms with van der Waals surface area (Å²) in [6.45, 7) is 0. The highest BCUT2D eigenvalue weighted by Crippen LogP contribution is 2.28. The summed E-state index contributed by atoms with van der Waals surface area (Å²) in [7, 11) is 0. The number of nitrogens with one attached hydrogen (secondary N) is 2. The van der Waals surface area contributed by atoms with Crippen LogP contribution >= 0.6 is 11.8 Å². The van der Waals surface area contributed by atoms with E-state index in [-0.39, 0.29) is 22.9 Å². The lowest BCUT2D eigenvalue weighted by molar-refractivity contribution is 0.0937. The molecule has 2 unspecified atom stereocenters. The highest BCUT2D eigenvalue weighted by molar-refractivity contribution is 7.99. The van der Waals surface area contributed by atoms with Gasteiger partial charge in [0.2, 0.25) is 0 Å².